The molecule has 0 saturated heterocycles. The number of methoxy groups -OCH3 is 1. The summed E-state index contributed by atoms with van der Waals surface area (Å²) in [6.07, 6.45) is 3.32. The number of esters is 1. The van der Waals surface area contributed by atoms with Crippen LogP contribution in [0, 0.1) is 5.41 Å². The van der Waals surface area contributed by atoms with E-state index in [0.29, 0.717) is 42.5 Å². The number of carbonyl (C=O) groups excluding carboxylic acids is 3. The van der Waals surface area contributed by atoms with Gasteiger partial charge in [-0.2, -0.15) is 0 Å². The van der Waals surface area contributed by atoms with Crippen LogP contribution in [0.4, 0.5) is 4.79 Å². The average molecular weight is 411 g/mol. The zero-order valence-electron chi connectivity index (χ0n) is 18.1. The fraction of sp³-hybridized carbons (Fsp3) is 0.458. The smallest absolute Gasteiger partial charge is 0.419 e. The standard InChI is InChI=1S/C24H29NO5/c1-6-13-24(15-12-19(26)29-5)14-11-18-20(21(24)27)16-9-7-8-10-17(16)25(18)22(28)30-23(2,3)4/h6-10H,1,11-15H2,2-5H3. The number of hydrogen-bond acceptors (Lipinski definition) is 5. The summed E-state index contributed by atoms with van der Waals surface area (Å²) in [4.78, 5) is 38.6. The van der Waals surface area contributed by atoms with Crippen LogP contribution in [0.25, 0.3) is 10.9 Å². The molecule has 160 valence electrons. The molecule has 1 heterocycles. The lowest BCUT2D eigenvalue weighted by Gasteiger charge is -2.35. The van der Waals surface area contributed by atoms with E-state index >= 15 is 0 Å². The van der Waals surface area contributed by atoms with Gasteiger partial charge >= 0.3 is 12.1 Å². The number of carbonyl (C=O) groups is 3. The molecule has 6 heteroatoms. The molecule has 6 nitrogen and oxygen atoms in total. The largest absolute Gasteiger partial charge is 0.469 e. The van der Waals surface area contributed by atoms with Crippen LogP contribution >= 0.6 is 0 Å². The summed E-state index contributed by atoms with van der Waals surface area (Å²) in [7, 11) is 1.34. The Morgan fingerprint density at radius 2 is 1.97 bits per heavy atom. The van der Waals surface area contributed by atoms with Gasteiger partial charge in [0.1, 0.15) is 5.60 Å². The molecular weight excluding hydrogens is 382 g/mol. The Kier molecular flexibility index (Phi) is 5.88. The van der Waals surface area contributed by atoms with Crippen LogP contribution in [0.1, 0.15) is 62.5 Å². The Morgan fingerprint density at radius 3 is 2.60 bits per heavy atom. The van der Waals surface area contributed by atoms with Gasteiger partial charge in [0, 0.05) is 28.5 Å². The van der Waals surface area contributed by atoms with Gasteiger partial charge < -0.3 is 9.47 Å². The first-order valence-corrected chi connectivity index (χ1v) is 10.2. The summed E-state index contributed by atoms with van der Waals surface area (Å²) < 4.78 is 11.9. The third kappa shape index (κ3) is 3.91. The second-order valence-electron chi connectivity index (χ2n) is 8.83. The minimum absolute atomic E-state index is 0.0499. The van der Waals surface area contributed by atoms with E-state index in [0.717, 1.165) is 5.39 Å². The molecule has 0 amide bonds. The van der Waals surface area contributed by atoms with E-state index in [1.165, 1.54) is 11.7 Å². The van der Waals surface area contributed by atoms with Crippen molar-refractivity contribution in [3.8, 4) is 0 Å². The highest BCUT2D eigenvalue weighted by Gasteiger charge is 2.45. The number of fused-ring (bicyclic) bond motifs is 3. The van der Waals surface area contributed by atoms with Crippen molar-refractivity contribution in [1.29, 1.82) is 0 Å². The van der Waals surface area contributed by atoms with Crippen LogP contribution in [0.3, 0.4) is 0 Å². The molecule has 0 saturated carbocycles. The number of ketones is 1. The topological polar surface area (TPSA) is 74.6 Å². The maximum Gasteiger partial charge on any atom is 0.419 e. The highest BCUT2D eigenvalue weighted by molar-refractivity contribution is 6.14. The second kappa shape index (κ2) is 8.09. The molecule has 0 spiro atoms. The molecule has 0 N–H and O–H groups in total. The number of Topliss-reactive ketones (excluding diaryl/α,β-unsaturated/α-hetero) is 1. The highest BCUT2D eigenvalue weighted by Crippen LogP contribution is 2.45. The molecule has 1 unspecified atom stereocenters. The number of para-hydroxylation sites is 1. The number of rotatable bonds is 5. The van der Waals surface area contributed by atoms with Crippen LogP contribution in [0.15, 0.2) is 36.9 Å². The Balaban J connectivity index is 2.13. The monoisotopic (exact) mass is 411 g/mol. The van der Waals surface area contributed by atoms with Crippen molar-refractivity contribution in [2.45, 2.75) is 58.5 Å². The quantitative estimate of drug-likeness (QED) is 0.507. The van der Waals surface area contributed by atoms with Gasteiger partial charge in [-0.25, -0.2) is 9.36 Å². The lowest BCUT2D eigenvalue weighted by Crippen LogP contribution is -2.37. The average Bonchev–Trinajstić information content (AvgIpc) is 3.02. The van der Waals surface area contributed by atoms with Gasteiger partial charge in [-0.3, -0.25) is 9.59 Å². The fourth-order valence-corrected chi connectivity index (χ4v) is 4.29. The number of benzene rings is 1. The first kappa shape index (κ1) is 21.8. The van der Waals surface area contributed by atoms with Crippen molar-refractivity contribution in [2.75, 3.05) is 7.11 Å². The zero-order chi connectivity index (χ0) is 22.1. The lowest BCUT2D eigenvalue weighted by atomic mass is 9.67. The molecule has 30 heavy (non-hydrogen) atoms. The molecule has 2 aromatic rings. The van der Waals surface area contributed by atoms with Gasteiger partial charge in [0.15, 0.2) is 5.78 Å². The molecule has 1 atom stereocenters. The summed E-state index contributed by atoms with van der Waals surface area (Å²) in [5, 5.41) is 0.731. The van der Waals surface area contributed by atoms with Crippen LogP contribution in [0.2, 0.25) is 0 Å². The fourth-order valence-electron chi connectivity index (χ4n) is 4.29. The van der Waals surface area contributed by atoms with E-state index in [-0.39, 0.29) is 18.2 Å². The molecule has 0 bridgehead atoms. The predicted molar refractivity (Wildman–Crippen MR) is 115 cm³/mol. The summed E-state index contributed by atoms with van der Waals surface area (Å²) in [5.41, 5.74) is 0.502. The van der Waals surface area contributed by atoms with Gasteiger partial charge in [-0.1, -0.05) is 24.3 Å². The Bertz CT molecular complexity index is 1010. The van der Waals surface area contributed by atoms with Crippen molar-refractivity contribution in [2.24, 2.45) is 5.41 Å². The van der Waals surface area contributed by atoms with Gasteiger partial charge in [0.05, 0.1) is 12.6 Å². The number of aromatic nitrogens is 1. The van der Waals surface area contributed by atoms with Crippen LogP contribution in [-0.2, 0) is 20.7 Å². The van der Waals surface area contributed by atoms with E-state index in [1.807, 2.05) is 45.0 Å². The molecule has 0 radical (unpaired) electrons. The maximum atomic E-state index is 13.8. The summed E-state index contributed by atoms with van der Waals surface area (Å²) in [5.74, 6) is -0.390. The molecule has 0 fully saturated rings. The van der Waals surface area contributed by atoms with Gasteiger partial charge in [-0.05, 0) is 52.5 Å². The first-order valence-electron chi connectivity index (χ1n) is 10.2. The molecule has 1 aromatic carbocycles. The van der Waals surface area contributed by atoms with Crippen molar-refractivity contribution in [3.63, 3.8) is 0 Å². The van der Waals surface area contributed by atoms with Crippen LogP contribution < -0.4 is 0 Å². The van der Waals surface area contributed by atoms with E-state index in [4.69, 9.17) is 9.47 Å². The number of hydrogen-bond donors (Lipinski definition) is 0. The van der Waals surface area contributed by atoms with Crippen molar-refractivity contribution < 1.29 is 23.9 Å². The summed E-state index contributed by atoms with van der Waals surface area (Å²) >= 11 is 0. The summed E-state index contributed by atoms with van der Waals surface area (Å²) in [6, 6.07) is 7.38. The molecule has 1 aliphatic rings. The Labute approximate surface area is 176 Å². The minimum Gasteiger partial charge on any atom is -0.469 e. The van der Waals surface area contributed by atoms with Crippen molar-refractivity contribution in [3.05, 3.63) is 48.2 Å². The number of allylic oxidation sites excluding steroid dienone is 1. The Hall–Kier alpha value is -2.89. The first-order chi connectivity index (χ1) is 14.1. The van der Waals surface area contributed by atoms with Gasteiger partial charge in [-0.15, -0.1) is 6.58 Å². The van der Waals surface area contributed by atoms with E-state index in [9.17, 15) is 14.4 Å². The van der Waals surface area contributed by atoms with Crippen LogP contribution in [-0.4, -0.2) is 35.1 Å². The predicted octanol–water partition coefficient (Wildman–Crippen LogP) is 5.07. The highest BCUT2D eigenvalue weighted by atomic mass is 16.6. The van der Waals surface area contributed by atoms with Gasteiger partial charge in [0.2, 0.25) is 0 Å². The van der Waals surface area contributed by atoms with Crippen molar-refractivity contribution >= 4 is 28.7 Å². The number of ether oxygens (including phenoxy) is 2. The lowest BCUT2D eigenvalue weighted by molar-refractivity contribution is -0.141. The van der Waals surface area contributed by atoms with E-state index in [1.54, 1.807) is 6.08 Å². The molecule has 1 aliphatic carbocycles. The third-order valence-electron chi connectivity index (χ3n) is 5.67. The van der Waals surface area contributed by atoms with Crippen molar-refractivity contribution in [1.82, 2.24) is 4.57 Å². The van der Waals surface area contributed by atoms with Gasteiger partial charge in [0.25, 0.3) is 0 Å². The molecule has 1 aromatic heterocycles. The second-order valence-corrected chi connectivity index (χ2v) is 8.83. The molecular formula is C24H29NO5. The molecule has 3 rings (SSSR count). The summed E-state index contributed by atoms with van der Waals surface area (Å²) in [6.45, 7) is 9.27. The normalized spacial score (nSPS) is 18.7. The van der Waals surface area contributed by atoms with Crippen LogP contribution in [0.5, 0.6) is 0 Å². The third-order valence-corrected chi connectivity index (χ3v) is 5.67. The SMILES string of the molecule is C=CCC1(CCC(=O)OC)CCc2c(c3ccccc3n2C(=O)OC(C)(C)C)C1=O. The zero-order valence-corrected chi connectivity index (χ0v) is 18.1. The maximum absolute atomic E-state index is 13.8. The van der Waals surface area contributed by atoms with E-state index < -0.39 is 17.1 Å². The number of nitrogens with zero attached hydrogens (tertiary/aromatic N) is 1. The van der Waals surface area contributed by atoms with E-state index in [2.05, 4.69) is 6.58 Å². The molecule has 0 aliphatic heterocycles. The Morgan fingerprint density at radius 1 is 1.27 bits per heavy atom. The minimum atomic E-state index is -0.730.